The van der Waals surface area contributed by atoms with Crippen LogP contribution in [0.3, 0.4) is 0 Å². The maximum atomic E-state index is 13.9. The molecule has 2 N–H and O–H groups in total. The van der Waals surface area contributed by atoms with E-state index in [0.29, 0.717) is 33.1 Å². The van der Waals surface area contributed by atoms with Crippen LogP contribution in [0.5, 0.6) is 5.75 Å². The number of amides is 2. The number of sulfone groups is 1. The van der Waals surface area contributed by atoms with E-state index in [-0.39, 0.29) is 87.6 Å². The van der Waals surface area contributed by atoms with Gasteiger partial charge in [-0.15, -0.1) is 23.7 Å². The molecule has 1 aromatic heterocycles. The van der Waals surface area contributed by atoms with Crippen LogP contribution in [0.15, 0.2) is 48.5 Å². The van der Waals surface area contributed by atoms with Gasteiger partial charge in [0.2, 0.25) is 5.91 Å². The first-order valence-electron chi connectivity index (χ1n) is 14.9. The van der Waals surface area contributed by atoms with E-state index in [1.165, 1.54) is 29.7 Å². The summed E-state index contributed by atoms with van der Waals surface area (Å²) in [5, 5.41) is 0.184. The van der Waals surface area contributed by atoms with Gasteiger partial charge in [-0.1, -0.05) is 23.7 Å². The molecule has 2 fully saturated rings. The van der Waals surface area contributed by atoms with E-state index in [4.69, 9.17) is 22.1 Å². The van der Waals surface area contributed by atoms with Crippen LogP contribution in [0.4, 0.5) is 13.2 Å². The van der Waals surface area contributed by atoms with Gasteiger partial charge in [0.1, 0.15) is 26.9 Å². The first-order valence-corrected chi connectivity index (χ1v) is 18.2. The molecule has 2 aromatic carbocycles. The van der Waals surface area contributed by atoms with Crippen LogP contribution >= 0.6 is 35.3 Å². The van der Waals surface area contributed by atoms with E-state index >= 15 is 0 Å². The van der Waals surface area contributed by atoms with Crippen molar-refractivity contribution < 1.29 is 35.9 Å². The fraction of sp³-hybridized carbons (Fsp3) is 0.438. The summed E-state index contributed by atoms with van der Waals surface area (Å²) in [6.07, 6.45) is 1.32. The van der Waals surface area contributed by atoms with Gasteiger partial charge >= 0.3 is 0 Å². The van der Waals surface area contributed by atoms with Crippen LogP contribution in [0.25, 0.3) is 21.6 Å². The lowest BCUT2D eigenvalue weighted by molar-refractivity contribution is -0.140. The molecular weight excluding hydrogens is 698 g/mol. The number of carbonyl (C=O) groups excluding carboxylic acids is 2. The molecule has 3 heterocycles. The van der Waals surface area contributed by atoms with Crippen molar-refractivity contribution in [3.8, 4) is 27.3 Å². The number of hydrogen-bond acceptors (Lipinski definition) is 7. The number of nitrogens with two attached hydrogens (primary N) is 1. The van der Waals surface area contributed by atoms with E-state index in [2.05, 4.69) is 0 Å². The Bertz CT molecular complexity index is 1700. The smallest absolute Gasteiger partial charge is 0.263 e. The van der Waals surface area contributed by atoms with Gasteiger partial charge in [-0.25, -0.2) is 21.6 Å². The standard InChI is InChI=1S/C32H35ClF3N3O5S2.ClH/c1-46(42,43)18-2-17-44-23-6-3-21(4-7-23)25-20-27(45-28(25)24-8-5-22(34)19-26(24)33)29(40)38-13-9-31(10-14-38,30(37)41)39-15-11-32(35,36)12-16-39;/h3-8,19-20H,2,9-18H2,1H3,(H2,37,41);1H. The molecule has 2 amide bonds. The third kappa shape index (κ3) is 8.61. The molecule has 5 rings (SSSR count). The van der Waals surface area contributed by atoms with Gasteiger partial charge in [0, 0.05) is 61.3 Å². The number of carbonyl (C=O) groups is 2. The lowest BCUT2D eigenvalue weighted by atomic mass is 9.83. The lowest BCUT2D eigenvalue weighted by Crippen LogP contribution is -2.64. The Hall–Kier alpha value is -2.84. The minimum Gasteiger partial charge on any atom is -0.494 e. The molecule has 2 saturated heterocycles. The van der Waals surface area contributed by atoms with Gasteiger partial charge in [0.15, 0.2) is 0 Å². The van der Waals surface area contributed by atoms with Gasteiger partial charge in [-0.2, -0.15) is 0 Å². The Morgan fingerprint density at radius 1 is 0.979 bits per heavy atom. The molecule has 47 heavy (non-hydrogen) atoms. The second kappa shape index (κ2) is 14.7. The zero-order valence-electron chi connectivity index (χ0n) is 25.6. The number of ether oxygens (including phenoxy) is 1. The Kier molecular flexibility index (Phi) is 11.6. The van der Waals surface area contributed by atoms with Gasteiger partial charge in [0.05, 0.1) is 22.3 Å². The minimum absolute atomic E-state index is 0. The summed E-state index contributed by atoms with van der Waals surface area (Å²) in [7, 11) is -3.08. The predicted octanol–water partition coefficient (Wildman–Crippen LogP) is 6.30. The Balaban J connectivity index is 0.00000500. The Morgan fingerprint density at radius 3 is 2.19 bits per heavy atom. The van der Waals surface area contributed by atoms with Crippen molar-refractivity contribution in [2.75, 3.05) is 44.8 Å². The van der Waals surface area contributed by atoms with Crippen LogP contribution in [0, 0.1) is 5.82 Å². The number of likely N-dealkylation sites (tertiary alicyclic amines) is 2. The number of benzene rings is 2. The largest absolute Gasteiger partial charge is 0.494 e. The number of rotatable bonds is 10. The van der Waals surface area contributed by atoms with Gasteiger partial charge < -0.3 is 15.4 Å². The third-order valence-corrected chi connectivity index (χ3v) is 11.1. The second-order valence-electron chi connectivity index (χ2n) is 11.9. The fourth-order valence-electron chi connectivity index (χ4n) is 6.04. The highest BCUT2D eigenvalue weighted by Gasteiger charge is 2.49. The SMILES string of the molecule is CS(=O)(=O)CCCOc1ccc(-c2cc(C(=O)N3CCC(C(N)=O)(N4CCC(F)(F)CC4)CC3)sc2-c2ccc(F)cc2Cl)cc1.Cl. The number of hydrogen-bond donors (Lipinski definition) is 1. The molecule has 2 aliphatic heterocycles. The third-order valence-electron chi connectivity index (χ3n) is 8.65. The number of thiophene rings is 1. The molecule has 0 spiro atoms. The predicted molar refractivity (Wildman–Crippen MR) is 180 cm³/mol. The van der Waals surface area contributed by atoms with Crippen LogP contribution in [0.1, 0.15) is 41.8 Å². The van der Waals surface area contributed by atoms with E-state index in [0.717, 1.165) is 5.56 Å². The van der Waals surface area contributed by atoms with Gasteiger partial charge in [0.25, 0.3) is 11.8 Å². The molecule has 0 aliphatic carbocycles. The zero-order valence-corrected chi connectivity index (χ0v) is 28.9. The molecule has 0 radical (unpaired) electrons. The molecule has 8 nitrogen and oxygen atoms in total. The van der Waals surface area contributed by atoms with Crippen molar-refractivity contribution >= 4 is 57.0 Å². The fourth-order valence-corrected chi connectivity index (χ4v) is 8.19. The Morgan fingerprint density at radius 2 is 1.62 bits per heavy atom. The van der Waals surface area contributed by atoms with Crippen LogP contribution in [0.2, 0.25) is 5.02 Å². The molecule has 3 aromatic rings. The van der Waals surface area contributed by atoms with Crippen LogP contribution in [-0.2, 0) is 14.6 Å². The molecule has 15 heteroatoms. The normalized spacial score (nSPS) is 17.9. The summed E-state index contributed by atoms with van der Waals surface area (Å²) >= 11 is 7.67. The average Bonchev–Trinajstić information content (AvgIpc) is 3.44. The van der Waals surface area contributed by atoms with Gasteiger partial charge in [-0.05, 0) is 61.2 Å². The van der Waals surface area contributed by atoms with E-state index in [1.54, 1.807) is 34.1 Å². The first kappa shape index (κ1) is 37.0. The van der Waals surface area contributed by atoms with Crippen LogP contribution < -0.4 is 10.5 Å². The monoisotopic (exact) mass is 733 g/mol. The molecule has 256 valence electrons. The summed E-state index contributed by atoms with van der Waals surface area (Å²) < 4.78 is 70.0. The summed E-state index contributed by atoms with van der Waals surface area (Å²) in [5.41, 5.74) is 6.74. The van der Waals surface area contributed by atoms with Crippen molar-refractivity contribution in [3.63, 3.8) is 0 Å². The number of alkyl halides is 2. The van der Waals surface area contributed by atoms with E-state index in [1.807, 2.05) is 12.1 Å². The van der Waals surface area contributed by atoms with Crippen molar-refractivity contribution in [2.24, 2.45) is 5.73 Å². The maximum Gasteiger partial charge on any atom is 0.263 e. The lowest BCUT2D eigenvalue weighted by Gasteiger charge is -2.48. The zero-order chi connectivity index (χ0) is 33.3. The number of nitrogens with zero attached hydrogens (tertiary/aromatic N) is 2. The molecular formula is C32H36Cl2F3N3O5S2. The molecule has 0 unspecified atom stereocenters. The number of halogens is 5. The summed E-state index contributed by atoms with van der Waals surface area (Å²) in [5.74, 6) is -3.51. The second-order valence-corrected chi connectivity index (χ2v) is 15.6. The average molecular weight is 735 g/mol. The minimum atomic E-state index is -3.08. The summed E-state index contributed by atoms with van der Waals surface area (Å²) in [4.78, 5) is 31.0. The van der Waals surface area contributed by atoms with E-state index in [9.17, 15) is 31.2 Å². The quantitative estimate of drug-likeness (QED) is 0.245. The van der Waals surface area contributed by atoms with Crippen molar-refractivity contribution in [1.29, 1.82) is 0 Å². The highest BCUT2D eigenvalue weighted by atomic mass is 35.5. The van der Waals surface area contributed by atoms with Crippen LogP contribution in [-0.4, -0.2) is 86.3 Å². The highest BCUT2D eigenvalue weighted by Crippen LogP contribution is 2.44. The molecule has 0 saturated carbocycles. The molecule has 0 bridgehead atoms. The van der Waals surface area contributed by atoms with Gasteiger partial charge in [-0.3, -0.25) is 14.5 Å². The topological polar surface area (TPSA) is 110 Å². The van der Waals surface area contributed by atoms with Crippen molar-refractivity contribution in [3.05, 3.63) is 64.2 Å². The Labute approximate surface area is 287 Å². The number of primary amides is 1. The summed E-state index contributed by atoms with van der Waals surface area (Å²) in [6.45, 7) is 0.797. The molecule has 0 atom stereocenters. The molecule has 2 aliphatic rings. The summed E-state index contributed by atoms with van der Waals surface area (Å²) in [6, 6.07) is 12.9. The van der Waals surface area contributed by atoms with E-state index < -0.39 is 33.0 Å². The first-order chi connectivity index (χ1) is 21.7. The maximum absolute atomic E-state index is 13.9. The number of piperidine rings is 2. The van der Waals surface area contributed by atoms with Crippen molar-refractivity contribution in [2.45, 2.75) is 43.6 Å². The van der Waals surface area contributed by atoms with Crippen molar-refractivity contribution in [1.82, 2.24) is 9.80 Å². The highest BCUT2D eigenvalue weighted by molar-refractivity contribution is 7.90.